The number of hydrogen-bond acceptors (Lipinski definition) is 3. The third kappa shape index (κ3) is 3.69. The Morgan fingerprint density at radius 1 is 1.27 bits per heavy atom. The lowest BCUT2D eigenvalue weighted by molar-refractivity contribution is 0.206. The molecule has 0 atom stereocenters. The van der Waals surface area contributed by atoms with Crippen LogP contribution in [-0.2, 0) is 6.54 Å². The van der Waals surface area contributed by atoms with E-state index in [-0.39, 0.29) is 0 Å². The molecule has 4 nitrogen and oxygen atoms in total. The van der Waals surface area contributed by atoms with Crippen LogP contribution in [-0.4, -0.2) is 40.8 Å². The maximum absolute atomic E-state index is 5.96. The van der Waals surface area contributed by atoms with Gasteiger partial charge in [0.2, 0.25) is 0 Å². The second-order valence-corrected chi connectivity index (χ2v) is 6.30. The van der Waals surface area contributed by atoms with E-state index in [9.17, 15) is 0 Å². The van der Waals surface area contributed by atoms with Gasteiger partial charge in [-0.05, 0) is 50.2 Å². The molecule has 0 amide bonds. The Morgan fingerprint density at radius 2 is 2.00 bits per heavy atom. The van der Waals surface area contributed by atoms with Crippen LogP contribution in [0.5, 0.6) is 0 Å². The highest BCUT2D eigenvalue weighted by atomic mass is 35.5. The molecule has 0 bridgehead atoms. The van der Waals surface area contributed by atoms with Crippen LogP contribution in [0.2, 0.25) is 5.02 Å². The fourth-order valence-electron chi connectivity index (χ4n) is 3.02. The average molecular weight is 319 g/mol. The minimum atomic E-state index is 0.607. The minimum Gasteiger partial charge on any atom is -0.310 e. The quantitative estimate of drug-likeness (QED) is 0.889. The van der Waals surface area contributed by atoms with Crippen molar-refractivity contribution in [3.8, 4) is 11.3 Å². The Labute approximate surface area is 136 Å². The SMILES string of the molecule is CCN1CCC(NCc2cn[nH]c2-c2ccc(Cl)cc2)CC1. The first-order chi connectivity index (χ1) is 10.8. The number of likely N-dealkylation sites (tertiary alicyclic amines) is 1. The van der Waals surface area contributed by atoms with Crippen LogP contribution < -0.4 is 5.32 Å². The molecule has 1 aromatic carbocycles. The molecule has 5 heteroatoms. The van der Waals surface area contributed by atoms with Gasteiger partial charge in [0.25, 0.3) is 0 Å². The molecule has 0 aliphatic carbocycles. The summed E-state index contributed by atoms with van der Waals surface area (Å²) in [6.45, 7) is 6.64. The Morgan fingerprint density at radius 3 is 2.68 bits per heavy atom. The summed E-state index contributed by atoms with van der Waals surface area (Å²) in [4.78, 5) is 2.51. The van der Waals surface area contributed by atoms with E-state index in [1.807, 2.05) is 30.5 Å². The van der Waals surface area contributed by atoms with Crippen LogP contribution in [0.1, 0.15) is 25.3 Å². The van der Waals surface area contributed by atoms with E-state index in [2.05, 4.69) is 27.3 Å². The molecule has 2 N–H and O–H groups in total. The van der Waals surface area contributed by atoms with Crippen molar-refractivity contribution >= 4 is 11.6 Å². The minimum absolute atomic E-state index is 0.607. The molecule has 0 radical (unpaired) electrons. The molecular weight excluding hydrogens is 296 g/mol. The maximum Gasteiger partial charge on any atom is 0.0695 e. The van der Waals surface area contributed by atoms with Crippen LogP contribution in [0, 0.1) is 0 Å². The van der Waals surface area contributed by atoms with Crippen molar-refractivity contribution in [3.63, 3.8) is 0 Å². The van der Waals surface area contributed by atoms with E-state index in [1.54, 1.807) is 0 Å². The lowest BCUT2D eigenvalue weighted by atomic mass is 10.0. The summed E-state index contributed by atoms with van der Waals surface area (Å²) in [5.74, 6) is 0. The number of aromatic nitrogens is 2. The second kappa shape index (κ2) is 7.27. The molecule has 1 aliphatic heterocycles. The van der Waals surface area contributed by atoms with Crippen molar-refractivity contribution in [2.75, 3.05) is 19.6 Å². The van der Waals surface area contributed by atoms with E-state index < -0.39 is 0 Å². The summed E-state index contributed by atoms with van der Waals surface area (Å²) in [5, 5.41) is 11.7. The van der Waals surface area contributed by atoms with Crippen molar-refractivity contribution in [2.24, 2.45) is 0 Å². The number of benzene rings is 1. The van der Waals surface area contributed by atoms with Gasteiger partial charge in [0.15, 0.2) is 0 Å². The zero-order valence-corrected chi connectivity index (χ0v) is 13.7. The third-order valence-electron chi connectivity index (χ3n) is 4.47. The van der Waals surface area contributed by atoms with E-state index >= 15 is 0 Å². The van der Waals surface area contributed by atoms with Crippen molar-refractivity contribution < 1.29 is 0 Å². The number of nitrogens with one attached hydrogen (secondary N) is 2. The summed E-state index contributed by atoms with van der Waals surface area (Å²) >= 11 is 5.96. The second-order valence-electron chi connectivity index (χ2n) is 5.87. The number of rotatable bonds is 5. The molecule has 118 valence electrons. The van der Waals surface area contributed by atoms with Crippen molar-refractivity contribution in [1.29, 1.82) is 0 Å². The summed E-state index contributed by atoms with van der Waals surface area (Å²) in [6.07, 6.45) is 4.36. The Kier molecular flexibility index (Phi) is 5.13. The van der Waals surface area contributed by atoms with Crippen molar-refractivity contribution in [1.82, 2.24) is 20.4 Å². The summed E-state index contributed by atoms with van der Waals surface area (Å²) in [7, 11) is 0. The monoisotopic (exact) mass is 318 g/mol. The highest BCUT2D eigenvalue weighted by Crippen LogP contribution is 2.23. The third-order valence-corrected chi connectivity index (χ3v) is 4.72. The number of H-pyrrole nitrogens is 1. The highest BCUT2D eigenvalue weighted by Gasteiger charge is 2.18. The molecule has 3 rings (SSSR count). The Bertz CT molecular complexity index is 585. The molecular formula is C17H23ClN4. The normalized spacial score (nSPS) is 17.0. The number of halogens is 1. The van der Waals surface area contributed by atoms with Gasteiger partial charge in [0, 0.05) is 23.2 Å². The molecule has 1 aromatic heterocycles. The number of aromatic amines is 1. The largest absolute Gasteiger partial charge is 0.310 e. The average Bonchev–Trinajstić information content (AvgIpc) is 3.02. The predicted molar refractivity (Wildman–Crippen MR) is 91.0 cm³/mol. The molecule has 0 spiro atoms. The standard InChI is InChI=1S/C17H23ClN4/c1-2-22-9-7-16(8-10-22)19-11-14-12-20-21-17(14)13-3-5-15(18)6-4-13/h3-6,12,16,19H,2,7-11H2,1H3,(H,20,21). The Hall–Kier alpha value is -1.36. The first-order valence-electron chi connectivity index (χ1n) is 8.00. The van der Waals surface area contributed by atoms with Crippen LogP contribution in [0.4, 0.5) is 0 Å². The van der Waals surface area contributed by atoms with Crippen molar-refractivity contribution in [2.45, 2.75) is 32.4 Å². The Balaban J connectivity index is 1.60. The van der Waals surface area contributed by atoms with Crippen LogP contribution >= 0.6 is 11.6 Å². The van der Waals surface area contributed by atoms with E-state index in [0.29, 0.717) is 6.04 Å². The predicted octanol–water partition coefficient (Wildman–Crippen LogP) is 3.30. The molecule has 2 heterocycles. The zero-order valence-electron chi connectivity index (χ0n) is 13.0. The molecule has 0 saturated carbocycles. The van der Waals surface area contributed by atoms with Gasteiger partial charge >= 0.3 is 0 Å². The first kappa shape index (κ1) is 15.5. The van der Waals surface area contributed by atoms with Gasteiger partial charge in [-0.1, -0.05) is 30.7 Å². The van der Waals surface area contributed by atoms with Gasteiger partial charge in [-0.25, -0.2) is 0 Å². The summed E-state index contributed by atoms with van der Waals surface area (Å²) in [6, 6.07) is 8.49. The lowest BCUT2D eigenvalue weighted by Gasteiger charge is -2.31. The van der Waals surface area contributed by atoms with Crippen molar-refractivity contribution in [3.05, 3.63) is 41.0 Å². The highest BCUT2D eigenvalue weighted by molar-refractivity contribution is 6.30. The molecule has 0 unspecified atom stereocenters. The molecule has 1 fully saturated rings. The number of piperidine rings is 1. The maximum atomic E-state index is 5.96. The van der Waals surface area contributed by atoms with E-state index in [1.165, 1.54) is 31.5 Å². The topological polar surface area (TPSA) is 44.0 Å². The smallest absolute Gasteiger partial charge is 0.0695 e. The van der Waals surface area contributed by atoms with Crippen LogP contribution in [0.25, 0.3) is 11.3 Å². The fourth-order valence-corrected chi connectivity index (χ4v) is 3.15. The lowest BCUT2D eigenvalue weighted by Crippen LogP contribution is -2.42. The van der Waals surface area contributed by atoms with Crippen LogP contribution in [0.15, 0.2) is 30.5 Å². The van der Waals surface area contributed by atoms with Gasteiger partial charge in [-0.3, -0.25) is 5.10 Å². The molecule has 2 aromatic rings. The van der Waals surface area contributed by atoms with Gasteiger partial charge in [0.05, 0.1) is 11.9 Å². The van der Waals surface area contributed by atoms with Gasteiger partial charge in [-0.15, -0.1) is 0 Å². The van der Waals surface area contributed by atoms with E-state index in [0.717, 1.165) is 29.4 Å². The van der Waals surface area contributed by atoms with Gasteiger partial charge < -0.3 is 10.2 Å². The zero-order chi connectivity index (χ0) is 15.4. The van der Waals surface area contributed by atoms with E-state index in [4.69, 9.17) is 11.6 Å². The first-order valence-corrected chi connectivity index (χ1v) is 8.38. The number of nitrogens with zero attached hydrogens (tertiary/aromatic N) is 2. The van der Waals surface area contributed by atoms with Gasteiger partial charge in [-0.2, -0.15) is 5.10 Å². The molecule has 1 aliphatic rings. The molecule has 22 heavy (non-hydrogen) atoms. The fraction of sp³-hybridized carbons (Fsp3) is 0.471. The summed E-state index contributed by atoms with van der Waals surface area (Å²) < 4.78 is 0. The molecule has 1 saturated heterocycles. The summed E-state index contributed by atoms with van der Waals surface area (Å²) in [5.41, 5.74) is 3.41. The van der Waals surface area contributed by atoms with Gasteiger partial charge in [0.1, 0.15) is 0 Å². The van der Waals surface area contributed by atoms with Crippen LogP contribution in [0.3, 0.4) is 0 Å². The number of hydrogen-bond donors (Lipinski definition) is 2.